The van der Waals surface area contributed by atoms with Gasteiger partial charge in [-0.1, -0.05) is 29.8 Å². The molecule has 0 saturated carbocycles. The molecule has 2 aromatic rings. The van der Waals surface area contributed by atoms with E-state index in [1.54, 1.807) is 12.1 Å². The molecule has 2 rings (SSSR count). The molecule has 0 heterocycles. The van der Waals surface area contributed by atoms with Crippen molar-refractivity contribution in [2.45, 2.75) is 6.54 Å². The lowest BCUT2D eigenvalue weighted by atomic mass is 10.2. The predicted octanol–water partition coefficient (Wildman–Crippen LogP) is 3.68. The molecule has 0 fully saturated rings. The topological polar surface area (TPSA) is 24.1 Å². The Balaban J connectivity index is 1.67. The fourth-order valence-electron chi connectivity index (χ4n) is 1.73. The van der Waals surface area contributed by atoms with Crippen LogP contribution in [0.2, 0.25) is 5.02 Å². The second-order valence-electron chi connectivity index (χ2n) is 4.20. The molecule has 2 aromatic carbocycles. The van der Waals surface area contributed by atoms with Crippen molar-refractivity contribution < 1.29 is 4.39 Å². The lowest BCUT2D eigenvalue weighted by molar-refractivity contribution is 0.628. The highest BCUT2D eigenvalue weighted by Gasteiger charge is 1.97. The van der Waals surface area contributed by atoms with Crippen LogP contribution < -0.4 is 10.6 Å². The number of hydrogen-bond donors (Lipinski definition) is 2. The molecular formula is C15H16ClFN2. The van der Waals surface area contributed by atoms with Crippen molar-refractivity contribution in [1.82, 2.24) is 5.32 Å². The zero-order chi connectivity index (χ0) is 13.5. The van der Waals surface area contributed by atoms with Gasteiger partial charge >= 0.3 is 0 Å². The largest absolute Gasteiger partial charge is 0.384 e. The summed E-state index contributed by atoms with van der Waals surface area (Å²) in [6.45, 7) is 2.32. The van der Waals surface area contributed by atoms with Gasteiger partial charge in [0.15, 0.2) is 0 Å². The molecule has 0 aliphatic heterocycles. The monoisotopic (exact) mass is 278 g/mol. The molecule has 0 bridgehead atoms. The fraction of sp³-hybridized carbons (Fsp3) is 0.200. The average molecular weight is 279 g/mol. The van der Waals surface area contributed by atoms with Crippen LogP contribution in [0.25, 0.3) is 0 Å². The Kier molecular flexibility index (Phi) is 5.19. The first-order valence-corrected chi connectivity index (χ1v) is 6.57. The van der Waals surface area contributed by atoms with Gasteiger partial charge in [-0.25, -0.2) is 4.39 Å². The zero-order valence-corrected chi connectivity index (χ0v) is 11.3. The lowest BCUT2D eigenvalue weighted by Gasteiger charge is -2.08. The minimum Gasteiger partial charge on any atom is -0.384 e. The van der Waals surface area contributed by atoms with Gasteiger partial charge in [-0.2, -0.15) is 0 Å². The second-order valence-corrected chi connectivity index (χ2v) is 4.61. The van der Waals surface area contributed by atoms with Crippen molar-refractivity contribution >= 4 is 17.3 Å². The Labute approximate surface area is 117 Å². The third kappa shape index (κ3) is 4.54. The lowest BCUT2D eigenvalue weighted by Crippen LogP contribution is -2.21. The molecule has 0 atom stereocenters. The minimum absolute atomic E-state index is 0.220. The normalized spacial score (nSPS) is 10.4. The molecule has 0 radical (unpaired) electrons. The summed E-state index contributed by atoms with van der Waals surface area (Å²) in [6, 6.07) is 14.1. The van der Waals surface area contributed by atoms with Crippen molar-refractivity contribution in [1.29, 1.82) is 0 Å². The van der Waals surface area contributed by atoms with Gasteiger partial charge in [0.1, 0.15) is 5.82 Å². The maximum atomic E-state index is 12.7. The maximum Gasteiger partial charge on any atom is 0.123 e. The van der Waals surface area contributed by atoms with E-state index < -0.39 is 0 Å². The van der Waals surface area contributed by atoms with Crippen molar-refractivity contribution in [2.75, 3.05) is 18.4 Å². The Morgan fingerprint density at radius 2 is 1.68 bits per heavy atom. The summed E-state index contributed by atoms with van der Waals surface area (Å²) in [5, 5.41) is 7.29. The van der Waals surface area contributed by atoms with Crippen molar-refractivity contribution in [2.24, 2.45) is 0 Å². The molecule has 0 unspecified atom stereocenters. The Bertz CT molecular complexity index is 514. The van der Waals surface area contributed by atoms with E-state index in [1.165, 1.54) is 12.1 Å². The smallest absolute Gasteiger partial charge is 0.123 e. The summed E-state index contributed by atoms with van der Waals surface area (Å²) in [7, 11) is 0. The summed E-state index contributed by atoms with van der Waals surface area (Å²) < 4.78 is 12.7. The number of benzene rings is 2. The molecule has 2 nitrogen and oxygen atoms in total. The highest BCUT2D eigenvalue weighted by atomic mass is 35.5. The summed E-state index contributed by atoms with van der Waals surface area (Å²) in [6.07, 6.45) is 0. The Hall–Kier alpha value is -1.58. The van der Waals surface area contributed by atoms with E-state index in [1.807, 2.05) is 24.3 Å². The van der Waals surface area contributed by atoms with E-state index in [2.05, 4.69) is 10.6 Å². The molecule has 4 heteroatoms. The SMILES string of the molecule is Fc1ccc(NCCNCc2ccccc2Cl)cc1. The number of rotatable bonds is 6. The van der Waals surface area contributed by atoms with Gasteiger partial charge in [-0.3, -0.25) is 0 Å². The van der Waals surface area contributed by atoms with Gasteiger partial charge in [0, 0.05) is 30.3 Å². The molecule has 0 aliphatic rings. The molecule has 0 aromatic heterocycles. The molecule has 0 spiro atoms. The van der Waals surface area contributed by atoms with Gasteiger partial charge in [-0.15, -0.1) is 0 Å². The summed E-state index contributed by atoms with van der Waals surface area (Å²) >= 11 is 6.06. The van der Waals surface area contributed by atoms with Crippen LogP contribution in [0.4, 0.5) is 10.1 Å². The Morgan fingerprint density at radius 3 is 2.42 bits per heavy atom. The van der Waals surface area contributed by atoms with Crippen molar-refractivity contribution in [3.05, 3.63) is 64.9 Å². The molecule has 0 amide bonds. The van der Waals surface area contributed by atoms with Crippen molar-refractivity contribution in [3.63, 3.8) is 0 Å². The third-order valence-corrected chi connectivity index (χ3v) is 3.12. The van der Waals surface area contributed by atoms with Gasteiger partial charge < -0.3 is 10.6 Å². The van der Waals surface area contributed by atoms with Crippen LogP contribution in [0.15, 0.2) is 48.5 Å². The molecule has 19 heavy (non-hydrogen) atoms. The summed E-state index contributed by atoms with van der Waals surface area (Å²) in [4.78, 5) is 0. The minimum atomic E-state index is -0.220. The number of nitrogens with one attached hydrogen (secondary N) is 2. The number of halogens is 2. The summed E-state index contributed by atoms with van der Waals surface area (Å²) in [5.41, 5.74) is 2.01. The maximum absolute atomic E-state index is 12.7. The van der Waals surface area contributed by atoms with Gasteiger partial charge in [0.05, 0.1) is 0 Å². The highest BCUT2D eigenvalue weighted by molar-refractivity contribution is 6.31. The van der Waals surface area contributed by atoms with E-state index in [0.29, 0.717) is 0 Å². The summed E-state index contributed by atoms with van der Waals surface area (Å²) in [5.74, 6) is -0.220. The quantitative estimate of drug-likeness (QED) is 0.788. The fourth-order valence-corrected chi connectivity index (χ4v) is 1.93. The highest BCUT2D eigenvalue weighted by Crippen LogP contribution is 2.14. The first kappa shape index (κ1) is 13.8. The van der Waals surface area contributed by atoms with E-state index in [4.69, 9.17) is 11.6 Å². The van der Waals surface area contributed by atoms with Gasteiger partial charge in [-0.05, 0) is 35.9 Å². The van der Waals surface area contributed by atoms with E-state index in [-0.39, 0.29) is 5.82 Å². The first-order chi connectivity index (χ1) is 9.25. The average Bonchev–Trinajstić information content (AvgIpc) is 2.42. The van der Waals surface area contributed by atoms with Crippen LogP contribution in [0.1, 0.15) is 5.56 Å². The number of hydrogen-bond acceptors (Lipinski definition) is 2. The molecule has 2 N–H and O–H groups in total. The Morgan fingerprint density at radius 1 is 0.947 bits per heavy atom. The predicted molar refractivity (Wildman–Crippen MR) is 78.0 cm³/mol. The van der Waals surface area contributed by atoms with Gasteiger partial charge in [0.25, 0.3) is 0 Å². The van der Waals surface area contributed by atoms with Crippen LogP contribution in [0, 0.1) is 5.82 Å². The molecular weight excluding hydrogens is 263 g/mol. The van der Waals surface area contributed by atoms with Crippen LogP contribution in [0.3, 0.4) is 0 Å². The second kappa shape index (κ2) is 7.12. The molecule has 100 valence electrons. The van der Waals surface area contributed by atoms with E-state index in [9.17, 15) is 4.39 Å². The van der Waals surface area contributed by atoms with Crippen LogP contribution >= 0.6 is 11.6 Å². The van der Waals surface area contributed by atoms with Crippen LogP contribution in [-0.2, 0) is 6.54 Å². The molecule has 0 aliphatic carbocycles. The van der Waals surface area contributed by atoms with E-state index in [0.717, 1.165) is 35.9 Å². The standard InChI is InChI=1S/C15H16ClFN2/c16-15-4-2-1-3-12(15)11-18-9-10-19-14-7-5-13(17)6-8-14/h1-8,18-19H,9-11H2. The third-order valence-electron chi connectivity index (χ3n) is 2.75. The van der Waals surface area contributed by atoms with Crippen molar-refractivity contribution in [3.8, 4) is 0 Å². The molecule has 0 saturated heterocycles. The number of anilines is 1. The first-order valence-electron chi connectivity index (χ1n) is 6.19. The van der Waals surface area contributed by atoms with E-state index >= 15 is 0 Å². The van der Waals surface area contributed by atoms with Crippen LogP contribution in [-0.4, -0.2) is 13.1 Å². The van der Waals surface area contributed by atoms with Gasteiger partial charge in [0.2, 0.25) is 0 Å². The van der Waals surface area contributed by atoms with Crippen LogP contribution in [0.5, 0.6) is 0 Å². The zero-order valence-electron chi connectivity index (χ0n) is 10.5.